The van der Waals surface area contributed by atoms with E-state index >= 15 is 0 Å². The highest BCUT2D eigenvalue weighted by Gasteiger charge is 2.41. The monoisotopic (exact) mass is 596 g/mol. The molecule has 4 heterocycles. The van der Waals surface area contributed by atoms with Crippen molar-refractivity contribution in [2.75, 3.05) is 46.4 Å². The van der Waals surface area contributed by atoms with E-state index in [1.54, 1.807) is 43.3 Å². The van der Waals surface area contributed by atoms with Gasteiger partial charge < -0.3 is 29.2 Å². The molecule has 42 heavy (non-hydrogen) atoms. The molecule has 1 aromatic carbocycles. The minimum atomic E-state index is -0.524. The van der Waals surface area contributed by atoms with E-state index in [0.717, 1.165) is 5.56 Å². The van der Waals surface area contributed by atoms with Crippen LogP contribution in [0.15, 0.2) is 47.5 Å². The number of hydrogen-bond donors (Lipinski definition) is 1. The van der Waals surface area contributed by atoms with Crippen LogP contribution in [0.4, 0.5) is 0 Å². The molecule has 0 aliphatic carbocycles. The first-order chi connectivity index (χ1) is 20.2. The predicted molar refractivity (Wildman–Crippen MR) is 154 cm³/mol. The molecule has 0 saturated carbocycles. The molecule has 3 aromatic rings. The quantitative estimate of drug-likeness (QED) is 0.487. The van der Waals surface area contributed by atoms with Crippen molar-refractivity contribution in [2.24, 2.45) is 20.0 Å². The van der Waals surface area contributed by atoms with E-state index in [2.05, 4.69) is 10.4 Å². The number of carbonyl (C=O) groups excluding carboxylic acids is 3. The van der Waals surface area contributed by atoms with Gasteiger partial charge >= 0.3 is 0 Å². The molecule has 2 aliphatic rings. The molecule has 222 valence electrons. The van der Waals surface area contributed by atoms with Gasteiger partial charge in [0.05, 0.1) is 30.2 Å². The summed E-state index contributed by atoms with van der Waals surface area (Å²) in [5.74, 6) is -0.608. The molecule has 1 saturated heterocycles. The zero-order valence-electron chi connectivity index (χ0n) is 23.7. The first-order valence-corrected chi connectivity index (χ1v) is 14.1. The topological polar surface area (TPSA) is 128 Å². The molecule has 5 rings (SSSR count). The summed E-state index contributed by atoms with van der Waals surface area (Å²) in [5, 5.41) is 7.47. The standard InChI is InChI=1S/C29H33ClN6O6/c1-33-14-19(6-8-25(33)37)28(39)35-10-4-9-31-27(38)21-16-36(29(40)26-22(30)17-34(2)32-26)15-20(21)18-5-7-23(41-3)24(13-18)42-12-11-35/h5-8,13-14,17,20-21H,4,9-12,15-16H2,1-3H3,(H,31,38)/t20-,21+/m1/s1. The van der Waals surface area contributed by atoms with Gasteiger partial charge in [0.15, 0.2) is 17.2 Å². The Morgan fingerprint density at radius 2 is 1.81 bits per heavy atom. The molecule has 2 atom stereocenters. The van der Waals surface area contributed by atoms with Crippen molar-refractivity contribution in [3.05, 3.63) is 74.9 Å². The lowest BCUT2D eigenvalue weighted by atomic mass is 9.88. The number of aromatic nitrogens is 3. The number of benzene rings is 1. The third kappa shape index (κ3) is 5.98. The van der Waals surface area contributed by atoms with E-state index in [0.29, 0.717) is 43.1 Å². The van der Waals surface area contributed by atoms with Gasteiger partial charge in [0, 0.05) is 64.7 Å². The normalized spacial score (nSPS) is 19.4. The Morgan fingerprint density at radius 1 is 1.02 bits per heavy atom. The van der Waals surface area contributed by atoms with Crippen LogP contribution in [0, 0.1) is 5.92 Å². The number of fused-ring (bicyclic) bond motifs is 4. The van der Waals surface area contributed by atoms with Crippen LogP contribution in [-0.2, 0) is 18.9 Å². The molecule has 13 heteroatoms. The summed E-state index contributed by atoms with van der Waals surface area (Å²) in [6.45, 7) is 1.68. The van der Waals surface area contributed by atoms with Crippen LogP contribution in [0.5, 0.6) is 11.5 Å². The lowest BCUT2D eigenvalue weighted by molar-refractivity contribution is -0.124. The van der Waals surface area contributed by atoms with Gasteiger partial charge in [0.2, 0.25) is 11.5 Å². The Hall–Kier alpha value is -4.32. The smallest absolute Gasteiger partial charge is 0.275 e. The number of rotatable bonds is 3. The van der Waals surface area contributed by atoms with E-state index in [-0.39, 0.29) is 59.6 Å². The summed E-state index contributed by atoms with van der Waals surface area (Å²) in [4.78, 5) is 55.3. The number of nitrogens with one attached hydrogen (secondary N) is 1. The molecule has 2 aliphatic heterocycles. The van der Waals surface area contributed by atoms with E-state index in [9.17, 15) is 19.2 Å². The Balaban J connectivity index is 1.41. The number of halogens is 1. The van der Waals surface area contributed by atoms with Gasteiger partial charge in [-0.2, -0.15) is 5.10 Å². The number of nitrogens with zero attached hydrogens (tertiary/aromatic N) is 5. The average molecular weight is 597 g/mol. The first-order valence-electron chi connectivity index (χ1n) is 13.7. The summed E-state index contributed by atoms with van der Waals surface area (Å²) in [5.41, 5.74) is 1.14. The molecule has 3 amide bonds. The minimum absolute atomic E-state index is 0.145. The second kappa shape index (κ2) is 12.3. The predicted octanol–water partition coefficient (Wildman–Crippen LogP) is 1.68. The zero-order valence-corrected chi connectivity index (χ0v) is 24.5. The molecular weight excluding hydrogens is 564 g/mol. The van der Waals surface area contributed by atoms with Crippen molar-refractivity contribution in [3.63, 3.8) is 0 Å². The number of carbonyl (C=O) groups is 3. The molecular formula is C29H33ClN6O6. The van der Waals surface area contributed by atoms with Crippen molar-refractivity contribution < 1.29 is 23.9 Å². The summed E-state index contributed by atoms with van der Waals surface area (Å²) in [7, 11) is 4.82. The molecule has 2 aromatic heterocycles. The van der Waals surface area contributed by atoms with Crippen molar-refractivity contribution in [1.29, 1.82) is 0 Å². The second-order valence-corrected chi connectivity index (χ2v) is 10.9. The van der Waals surface area contributed by atoms with Crippen molar-refractivity contribution in [1.82, 2.24) is 29.5 Å². The third-order valence-electron chi connectivity index (χ3n) is 7.69. The molecule has 0 spiro atoms. The highest BCUT2D eigenvalue weighted by Crippen LogP contribution is 2.38. The molecule has 1 N–H and O–H groups in total. The first kappa shape index (κ1) is 29.2. The van der Waals surface area contributed by atoms with Gasteiger partial charge in [-0.15, -0.1) is 0 Å². The van der Waals surface area contributed by atoms with Gasteiger partial charge in [-0.3, -0.25) is 23.9 Å². The average Bonchev–Trinajstić information content (AvgIpc) is 3.57. The van der Waals surface area contributed by atoms with Crippen LogP contribution in [0.3, 0.4) is 0 Å². The van der Waals surface area contributed by atoms with Gasteiger partial charge in [-0.05, 0) is 30.2 Å². The summed E-state index contributed by atoms with van der Waals surface area (Å²) in [6, 6.07) is 8.35. The Morgan fingerprint density at radius 3 is 2.52 bits per heavy atom. The zero-order chi connectivity index (χ0) is 30.0. The van der Waals surface area contributed by atoms with Gasteiger partial charge in [-0.25, -0.2) is 0 Å². The van der Waals surface area contributed by atoms with E-state index in [1.807, 2.05) is 12.1 Å². The number of amides is 3. The summed E-state index contributed by atoms with van der Waals surface area (Å²) >= 11 is 6.25. The lowest BCUT2D eigenvalue weighted by Gasteiger charge is -2.25. The molecule has 0 unspecified atom stereocenters. The van der Waals surface area contributed by atoms with Gasteiger partial charge in [-0.1, -0.05) is 17.7 Å². The van der Waals surface area contributed by atoms with Crippen LogP contribution in [0.1, 0.15) is 38.7 Å². The summed E-state index contributed by atoms with van der Waals surface area (Å²) in [6.07, 6.45) is 3.58. The molecule has 0 radical (unpaired) electrons. The van der Waals surface area contributed by atoms with Gasteiger partial charge in [0.25, 0.3) is 11.8 Å². The summed E-state index contributed by atoms with van der Waals surface area (Å²) < 4.78 is 14.5. The maximum Gasteiger partial charge on any atom is 0.275 e. The van der Waals surface area contributed by atoms with Crippen molar-refractivity contribution in [3.8, 4) is 11.5 Å². The Bertz CT molecular complexity index is 1570. The highest BCUT2D eigenvalue weighted by atomic mass is 35.5. The van der Waals surface area contributed by atoms with Crippen LogP contribution in [-0.4, -0.2) is 88.3 Å². The van der Waals surface area contributed by atoms with E-state index in [4.69, 9.17) is 21.1 Å². The fraction of sp³-hybridized carbons (Fsp3) is 0.414. The molecule has 1 fully saturated rings. The SMILES string of the molecule is COc1ccc2cc1OCCN(C(=O)c1ccc(=O)n(C)c1)CCCNC(=O)[C@H]1CN(C(=O)c3nn(C)cc3Cl)C[C@H]21. The van der Waals surface area contributed by atoms with Crippen LogP contribution < -0.4 is 20.3 Å². The van der Waals surface area contributed by atoms with Crippen LogP contribution >= 0.6 is 11.6 Å². The lowest BCUT2D eigenvalue weighted by Crippen LogP contribution is -2.39. The number of pyridine rings is 1. The fourth-order valence-electron chi connectivity index (χ4n) is 5.46. The number of likely N-dealkylation sites (tertiary alicyclic amines) is 1. The van der Waals surface area contributed by atoms with Gasteiger partial charge in [0.1, 0.15) is 6.61 Å². The van der Waals surface area contributed by atoms with Crippen LogP contribution in [0.2, 0.25) is 5.02 Å². The maximum absolute atomic E-state index is 13.5. The fourth-order valence-corrected chi connectivity index (χ4v) is 5.72. The molecule has 12 nitrogen and oxygen atoms in total. The second-order valence-electron chi connectivity index (χ2n) is 10.5. The van der Waals surface area contributed by atoms with Crippen molar-refractivity contribution >= 4 is 29.3 Å². The third-order valence-corrected chi connectivity index (χ3v) is 7.97. The maximum atomic E-state index is 13.5. The largest absolute Gasteiger partial charge is 0.493 e. The number of ether oxygens (including phenoxy) is 2. The Labute approximate surface area is 247 Å². The van der Waals surface area contributed by atoms with E-state index in [1.165, 1.54) is 27.6 Å². The van der Waals surface area contributed by atoms with Crippen molar-refractivity contribution in [2.45, 2.75) is 12.3 Å². The highest BCUT2D eigenvalue weighted by molar-refractivity contribution is 6.33. The molecule has 2 bridgehead atoms. The van der Waals surface area contributed by atoms with Crippen LogP contribution in [0.25, 0.3) is 0 Å². The minimum Gasteiger partial charge on any atom is -0.493 e. The number of methoxy groups -OCH3 is 1. The number of hydrogen-bond acceptors (Lipinski definition) is 7. The number of aryl methyl sites for hydroxylation is 2. The Kier molecular flexibility index (Phi) is 8.53. The van der Waals surface area contributed by atoms with E-state index < -0.39 is 5.92 Å².